The summed E-state index contributed by atoms with van der Waals surface area (Å²) in [5.41, 5.74) is 4.52. The van der Waals surface area contributed by atoms with E-state index in [9.17, 15) is 9.18 Å². The number of hydrogen-bond donors (Lipinski definition) is 1. The molecule has 1 saturated heterocycles. The van der Waals surface area contributed by atoms with Crippen molar-refractivity contribution < 1.29 is 18.8 Å². The number of nitrogens with one attached hydrogen (secondary N) is 1. The van der Waals surface area contributed by atoms with E-state index < -0.39 is 6.86 Å². The highest BCUT2D eigenvalue weighted by molar-refractivity contribution is 6.30. The van der Waals surface area contributed by atoms with E-state index in [0.717, 1.165) is 11.3 Å². The number of hydrogen-bond acceptors (Lipinski definition) is 5. The molecule has 4 rings (SSSR count). The first-order valence-corrected chi connectivity index (χ1v) is 8.86. The van der Waals surface area contributed by atoms with Crippen molar-refractivity contribution in [2.45, 2.75) is 12.6 Å². The number of ether oxygens (including phenoxy) is 1. The second-order valence-electron chi connectivity index (χ2n) is 6.29. The SMILES string of the molecule is O=C1CC(C2=NC(c3ccc(OCF)cc3)NO2)CN1c1ccc(Cl)cc1. The lowest BCUT2D eigenvalue weighted by Crippen LogP contribution is -2.26. The Balaban J connectivity index is 1.45. The minimum Gasteiger partial charge on any atom is -0.463 e. The first kappa shape index (κ1) is 17.8. The molecular weight excluding hydrogens is 373 g/mol. The Morgan fingerprint density at radius 1 is 1.22 bits per heavy atom. The molecule has 1 fully saturated rings. The van der Waals surface area contributed by atoms with E-state index in [1.165, 1.54) is 0 Å². The number of benzene rings is 2. The predicted molar refractivity (Wildman–Crippen MR) is 99.4 cm³/mol. The molecule has 0 spiro atoms. The first-order chi connectivity index (χ1) is 13.1. The Kier molecular flexibility index (Phi) is 4.96. The van der Waals surface area contributed by atoms with Gasteiger partial charge in [0.1, 0.15) is 5.75 Å². The van der Waals surface area contributed by atoms with E-state index in [4.69, 9.17) is 21.2 Å². The molecule has 0 radical (unpaired) electrons. The summed E-state index contributed by atoms with van der Waals surface area (Å²) in [6, 6.07) is 14.1. The van der Waals surface area contributed by atoms with Gasteiger partial charge < -0.3 is 14.5 Å². The topological polar surface area (TPSA) is 63.2 Å². The van der Waals surface area contributed by atoms with Crippen LogP contribution in [0, 0.1) is 5.92 Å². The largest absolute Gasteiger partial charge is 0.463 e. The Morgan fingerprint density at radius 3 is 2.67 bits per heavy atom. The van der Waals surface area contributed by atoms with Crippen LogP contribution in [0.3, 0.4) is 0 Å². The van der Waals surface area contributed by atoms with Crippen molar-refractivity contribution in [1.29, 1.82) is 0 Å². The molecule has 2 atom stereocenters. The lowest BCUT2D eigenvalue weighted by Gasteiger charge is -2.16. The fourth-order valence-corrected chi connectivity index (χ4v) is 3.31. The van der Waals surface area contributed by atoms with Crippen LogP contribution in [0.15, 0.2) is 53.5 Å². The number of amides is 1. The lowest BCUT2D eigenvalue weighted by atomic mass is 10.1. The molecule has 140 valence electrons. The molecule has 1 amide bonds. The number of alkyl halides is 1. The van der Waals surface area contributed by atoms with Crippen LogP contribution in [0.2, 0.25) is 5.02 Å². The second-order valence-corrected chi connectivity index (χ2v) is 6.73. The fraction of sp³-hybridized carbons (Fsp3) is 0.263. The standard InChI is InChI=1S/C19H17ClFN3O3/c20-14-3-5-15(6-4-14)24-10-13(9-17(24)25)19-22-18(23-27-19)12-1-7-16(8-2-12)26-11-21/h1-8,13,18,23H,9-11H2. The summed E-state index contributed by atoms with van der Waals surface area (Å²) in [4.78, 5) is 24.2. The van der Waals surface area contributed by atoms with E-state index in [0.29, 0.717) is 29.6 Å². The second kappa shape index (κ2) is 7.54. The number of carbonyl (C=O) groups excluding carboxylic acids is 1. The molecule has 0 aromatic heterocycles. The molecular formula is C19H17ClFN3O3. The first-order valence-electron chi connectivity index (χ1n) is 8.49. The zero-order valence-corrected chi connectivity index (χ0v) is 15.0. The molecule has 2 unspecified atom stereocenters. The molecule has 8 heteroatoms. The molecule has 27 heavy (non-hydrogen) atoms. The number of halogens is 2. The van der Waals surface area contributed by atoms with E-state index >= 15 is 0 Å². The maximum atomic E-state index is 12.4. The Bertz CT molecular complexity index is 858. The van der Waals surface area contributed by atoms with Gasteiger partial charge in [-0.3, -0.25) is 4.79 Å². The molecule has 6 nitrogen and oxygen atoms in total. The number of hydroxylamine groups is 1. The van der Waals surface area contributed by atoms with Crippen LogP contribution >= 0.6 is 11.6 Å². The Morgan fingerprint density at radius 2 is 1.96 bits per heavy atom. The van der Waals surface area contributed by atoms with Gasteiger partial charge in [0.25, 0.3) is 0 Å². The minimum atomic E-state index is -0.869. The van der Waals surface area contributed by atoms with Gasteiger partial charge in [-0.2, -0.15) is 0 Å². The van der Waals surface area contributed by atoms with E-state index in [-0.39, 0.29) is 18.0 Å². The maximum Gasteiger partial charge on any atom is 0.228 e. The monoisotopic (exact) mass is 389 g/mol. The summed E-state index contributed by atoms with van der Waals surface area (Å²) in [6.07, 6.45) is -0.0433. The van der Waals surface area contributed by atoms with Crippen LogP contribution in [0.1, 0.15) is 18.2 Å². The molecule has 2 aliphatic rings. The van der Waals surface area contributed by atoms with Gasteiger partial charge in [-0.25, -0.2) is 9.38 Å². The average molecular weight is 390 g/mol. The normalized spacial score (nSPS) is 21.9. The molecule has 2 heterocycles. The number of rotatable bonds is 5. The van der Waals surface area contributed by atoms with Crippen LogP contribution in [0.5, 0.6) is 5.75 Å². The summed E-state index contributed by atoms with van der Waals surface area (Å²) >= 11 is 5.91. The fourth-order valence-electron chi connectivity index (χ4n) is 3.18. The highest BCUT2D eigenvalue weighted by Crippen LogP contribution is 2.30. The molecule has 0 aliphatic carbocycles. The van der Waals surface area contributed by atoms with Gasteiger partial charge in [-0.15, -0.1) is 5.48 Å². The van der Waals surface area contributed by atoms with Gasteiger partial charge in [-0.1, -0.05) is 23.7 Å². The number of carbonyl (C=O) groups is 1. The van der Waals surface area contributed by atoms with Crippen LogP contribution in [0.25, 0.3) is 0 Å². The van der Waals surface area contributed by atoms with Gasteiger partial charge in [0.15, 0.2) is 6.17 Å². The van der Waals surface area contributed by atoms with Crippen molar-refractivity contribution in [3.63, 3.8) is 0 Å². The number of aliphatic imine (C=N–C) groups is 1. The van der Waals surface area contributed by atoms with Crippen molar-refractivity contribution in [3.8, 4) is 5.75 Å². The van der Waals surface area contributed by atoms with Crippen molar-refractivity contribution in [2.75, 3.05) is 18.3 Å². The summed E-state index contributed by atoms with van der Waals surface area (Å²) in [5.74, 6) is 0.850. The number of anilines is 1. The quantitative estimate of drug-likeness (QED) is 0.848. The van der Waals surface area contributed by atoms with Crippen molar-refractivity contribution >= 4 is 29.1 Å². The highest BCUT2D eigenvalue weighted by Gasteiger charge is 2.37. The molecule has 1 N–H and O–H groups in total. The van der Waals surface area contributed by atoms with Gasteiger partial charge in [0, 0.05) is 23.7 Å². The Labute approximate surface area is 160 Å². The highest BCUT2D eigenvalue weighted by atomic mass is 35.5. The summed E-state index contributed by atoms with van der Waals surface area (Å²) < 4.78 is 17.0. The van der Waals surface area contributed by atoms with Gasteiger partial charge in [-0.05, 0) is 42.0 Å². The summed E-state index contributed by atoms with van der Waals surface area (Å²) in [7, 11) is 0. The molecule has 2 aromatic carbocycles. The van der Waals surface area contributed by atoms with Crippen LogP contribution in [-0.4, -0.2) is 25.2 Å². The van der Waals surface area contributed by atoms with Crippen molar-refractivity contribution in [1.82, 2.24) is 5.48 Å². The molecule has 0 saturated carbocycles. The smallest absolute Gasteiger partial charge is 0.228 e. The summed E-state index contributed by atoms with van der Waals surface area (Å²) in [6.45, 7) is -0.372. The van der Waals surface area contributed by atoms with Gasteiger partial charge in [0.2, 0.25) is 18.7 Å². The van der Waals surface area contributed by atoms with E-state index in [1.54, 1.807) is 41.3 Å². The Hall–Kier alpha value is -2.64. The third-order valence-electron chi connectivity index (χ3n) is 4.56. The van der Waals surface area contributed by atoms with Crippen LogP contribution in [-0.2, 0) is 9.63 Å². The third kappa shape index (κ3) is 3.74. The molecule has 2 aliphatic heterocycles. The van der Waals surface area contributed by atoms with Gasteiger partial charge in [0.05, 0.1) is 5.92 Å². The predicted octanol–water partition coefficient (Wildman–Crippen LogP) is 3.63. The zero-order chi connectivity index (χ0) is 18.8. The van der Waals surface area contributed by atoms with Crippen molar-refractivity contribution in [3.05, 3.63) is 59.1 Å². The summed E-state index contributed by atoms with van der Waals surface area (Å²) in [5, 5.41) is 0.625. The lowest BCUT2D eigenvalue weighted by molar-refractivity contribution is -0.117. The zero-order valence-electron chi connectivity index (χ0n) is 14.3. The van der Waals surface area contributed by atoms with Crippen molar-refractivity contribution in [2.24, 2.45) is 10.9 Å². The minimum absolute atomic E-state index is 0.0183. The van der Waals surface area contributed by atoms with E-state index in [1.807, 2.05) is 12.1 Å². The molecule has 2 aromatic rings. The van der Waals surface area contributed by atoms with Crippen LogP contribution < -0.4 is 15.1 Å². The van der Waals surface area contributed by atoms with E-state index in [2.05, 4.69) is 10.5 Å². The van der Waals surface area contributed by atoms with Gasteiger partial charge >= 0.3 is 0 Å². The average Bonchev–Trinajstić information content (AvgIpc) is 3.30. The third-order valence-corrected chi connectivity index (χ3v) is 4.81. The van der Waals surface area contributed by atoms with Crippen LogP contribution in [0.4, 0.5) is 10.1 Å². The molecule has 0 bridgehead atoms. The number of nitrogens with zero attached hydrogens (tertiary/aromatic N) is 2. The maximum absolute atomic E-state index is 12.4.